The van der Waals surface area contributed by atoms with E-state index in [9.17, 15) is 4.39 Å². The van der Waals surface area contributed by atoms with Crippen molar-refractivity contribution in [3.05, 3.63) is 29.6 Å². The molecule has 1 saturated heterocycles. The van der Waals surface area contributed by atoms with Crippen LogP contribution in [0, 0.1) is 5.82 Å². The maximum atomic E-state index is 13.9. The van der Waals surface area contributed by atoms with E-state index in [0.29, 0.717) is 32.1 Å². The molecule has 0 saturated carbocycles. The fraction of sp³-hybridized carbons (Fsp3) is 0.571. The van der Waals surface area contributed by atoms with Gasteiger partial charge >= 0.3 is 0 Å². The fourth-order valence-electron chi connectivity index (χ4n) is 1.99. The highest BCUT2D eigenvalue weighted by molar-refractivity contribution is 5.35. The van der Waals surface area contributed by atoms with E-state index in [-0.39, 0.29) is 11.9 Å². The van der Waals surface area contributed by atoms with Gasteiger partial charge in [-0.3, -0.25) is 0 Å². The van der Waals surface area contributed by atoms with Crippen LogP contribution in [-0.4, -0.2) is 39.6 Å². The highest BCUT2D eigenvalue weighted by atomic mass is 19.1. The summed E-state index contributed by atoms with van der Waals surface area (Å²) in [7, 11) is 1.65. The highest BCUT2D eigenvalue weighted by Gasteiger charge is 2.20. The van der Waals surface area contributed by atoms with E-state index >= 15 is 0 Å². The maximum absolute atomic E-state index is 13.9. The van der Waals surface area contributed by atoms with Crippen molar-refractivity contribution < 1.29 is 18.6 Å². The predicted molar refractivity (Wildman–Crippen MR) is 69.8 cm³/mol. The Kier molecular flexibility index (Phi) is 5.57. The molecule has 1 N–H and O–H groups in total. The monoisotopic (exact) mass is 269 g/mol. The zero-order valence-electron chi connectivity index (χ0n) is 11.2. The number of nitrogens with one attached hydrogen (secondary N) is 1. The number of hydrogen-bond donors (Lipinski definition) is 1. The smallest absolute Gasteiger partial charge is 0.165 e. The number of methoxy groups -OCH3 is 1. The van der Waals surface area contributed by atoms with Gasteiger partial charge in [0.1, 0.15) is 6.10 Å². The molecular formula is C14H20FNO3. The molecule has 1 aliphatic rings. The van der Waals surface area contributed by atoms with Gasteiger partial charge in [0.25, 0.3) is 0 Å². The van der Waals surface area contributed by atoms with Crippen LogP contribution in [0.4, 0.5) is 4.39 Å². The molecular weight excluding hydrogens is 249 g/mol. The number of hydrogen-bond acceptors (Lipinski definition) is 4. The number of para-hydroxylation sites is 1. The normalized spacial score (nSPS) is 18.7. The van der Waals surface area contributed by atoms with Crippen LogP contribution in [0.15, 0.2) is 18.2 Å². The average molecular weight is 269 g/mol. The Bertz CT molecular complexity index is 394. The standard InChI is InChI=1S/C14H20FNO3/c1-17-8-6-16-9-11-3-2-4-13(15)14(11)19-12-5-7-18-10-12/h2-4,12,16H,5-10H2,1H3. The minimum Gasteiger partial charge on any atom is -0.485 e. The molecule has 1 aliphatic heterocycles. The van der Waals surface area contributed by atoms with Crippen molar-refractivity contribution in [1.29, 1.82) is 0 Å². The second kappa shape index (κ2) is 7.43. The van der Waals surface area contributed by atoms with Crippen LogP contribution in [0.3, 0.4) is 0 Å². The van der Waals surface area contributed by atoms with Crippen LogP contribution in [0.2, 0.25) is 0 Å². The minimum atomic E-state index is -0.321. The van der Waals surface area contributed by atoms with Gasteiger partial charge in [-0.15, -0.1) is 0 Å². The van der Waals surface area contributed by atoms with E-state index in [1.165, 1.54) is 6.07 Å². The second-order valence-electron chi connectivity index (χ2n) is 4.50. The van der Waals surface area contributed by atoms with E-state index in [0.717, 1.165) is 18.5 Å². The number of benzene rings is 1. The molecule has 19 heavy (non-hydrogen) atoms. The molecule has 2 rings (SSSR count). The number of ether oxygens (including phenoxy) is 3. The largest absolute Gasteiger partial charge is 0.485 e. The first-order valence-electron chi connectivity index (χ1n) is 6.52. The van der Waals surface area contributed by atoms with E-state index in [1.54, 1.807) is 13.2 Å². The van der Waals surface area contributed by atoms with Gasteiger partial charge in [-0.25, -0.2) is 4.39 Å². The summed E-state index contributed by atoms with van der Waals surface area (Å²) in [5.74, 6) is 0.0147. The molecule has 1 atom stereocenters. The summed E-state index contributed by atoms with van der Waals surface area (Å²) in [5, 5.41) is 3.19. The van der Waals surface area contributed by atoms with E-state index in [4.69, 9.17) is 14.2 Å². The van der Waals surface area contributed by atoms with Crippen LogP contribution in [0.25, 0.3) is 0 Å². The molecule has 4 nitrogen and oxygen atoms in total. The number of rotatable bonds is 7. The van der Waals surface area contributed by atoms with Gasteiger partial charge in [0, 0.05) is 32.2 Å². The van der Waals surface area contributed by atoms with E-state index in [2.05, 4.69) is 5.32 Å². The third kappa shape index (κ3) is 4.16. The van der Waals surface area contributed by atoms with Crippen molar-refractivity contribution in [3.8, 4) is 5.75 Å². The molecule has 1 fully saturated rings. The molecule has 0 amide bonds. The summed E-state index contributed by atoms with van der Waals surface area (Å²) >= 11 is 0. The Morgan fingerprint density at radius 3 is 3.11 bits per heavy atom. The van der Waals surface area contributed by atoms with Crippen molar-refractivity contribution in [1.82, 2.24) is 5.32 Å². The molecule has 1 heterocycles. The molecule has 5 heteroatoms. The van der Waals surface area contributed by atoms with Crippen molar-refractivity contribution in [2.45, 2.75) is 19.1 Å². The fourth-order valence-corrected chi connectivity index (χ4v) is 1.99. The number of halogens is 1. The molecule has 0 spiro atoms. The lowest BCUT2D eigenvalue weighted by atomic mass is 10.2. The van der Waals surface area contributed by atoms with Crippen LogP contribution < -0.4 is 10.1 Å². The molecule has 1 aromatic rings. The zero-order chi connectivity index (χ0) is 13.5. The van der Waals surface area contributed by atoms with Crippen molar-refractivity contribution in [2.75, 3.05) is 33.5 Å². The summed E-state index contributed by atoms with van der Waals surface area (Å²) in [6.07, 6.45) is 0.764. The van der Waals surface area contributed by atoms with Gasteiger partial charge in [0.15, 0.2) is 11.6 Å². The van der Waals surface area contributed by atoms with Crippen LogP contribution in [0.5, 0.6) is 5.75 Å². The van der Waals surface area contributed by atoms with Gasteiger partial charge in [-0.2, -0.15) is 0 Å². The third-order valence-corrected chi connectivity index (χ3v) is 3.02. The van der Waals surface area contributed by atoms with E-state index in [1.807, 2.05) is 6.07 Å². The molecule has 106 valence electrons. The van der Waals surface area contributed by atoms with Crippen molar-refractivity contribution in [3.63, 3.8) is 0 Å². The van der Waals surface area contributed by atoms with Crippen molar-refractivity contribution in [2.24, 2.45) is 0 Å². The minimum absolute atomic E-state index is 0.0466. The van der Waals surface area contributed by atoms with E-state index < -0.39 is 0 Å². The Balaban J connectivity index is 1.98. The summed E-state index contributed by atoms with van der Waals surface area (Å²) < 4.78 is 29.8. The molecule has 0 aromatic heterocycles. The molecule has 0 radical (unpaired) electrons. The summed E-state index contributed by atoms with van der Waals surface area (Å²) in [6, 6.07) is 4.98. The maximum Gasteiger partial charge on any atom is 0.165 e. The summed E-state index contributed by atoms with van der Waals surface area (Å²) in [4.78, 5) is 0. The first kappa shape index (κ1) is 14.2. The lowest BCUT2D eigenvalue weighted by Gasteiger charge is -2.16. The molecule has 1 unspecified atom stereocenters. The van der Waals surface area contributed by atoms with Gasteiger partial charge in [-0.05, 0) is 6.07 Å². The molecule has 0 bridgehead atoms. The quantitative estimate of drug-likeness (QED) is 0.765. The first-order chi connectivity index (χ1) is 9.31. The second-order valence-corrected chi connectivity index (χ2v) is 4.50. The first-order valence-corrected chi connectivity index (χ1v) is 6.52. The Hall–Kier alpha value is -1.17. The van der Waals surface area contributed by atoms with Gasteiger partial charge in [0.05, 0.1) is 19.8 Å². The van der Waals surface area contributed by atoms with Crippen LogP contribution in [0.1, 0.15) is 12.0 Å². The summed E-state index contributed by atoms with van der Waals surface area (Å²) in [6.45, 7) is 3.12. The topological polar surface area (TPSA) is 39.7 Å². The Morgan fingerprint density at radius 1 is 1.47 bits per heavy atom. The zero-order valence-corrected chi connectivity index (χ0v) is 11.2. The third-order valence-electron chi connectivity index (χ3n) is 3.02. The molecule has 0 aliphatic carbocycles. The predicted octanol–water partition coefficient (Wildman–Crippen LogP) is 1.73. The van der Waals surface area contributed by atoms with Crippen LogP contribution in [-0.2, 0) is 16.0 Å². The van der Waals surface area contributed by atoms with Crippen LogP contribution >= 0.6 is 0 Å². The SMILES string of the molecule is COCCNCc1cccc(F)c1OC1CCOC1. The lowest BCUT2D eigenvalue weighted by Crippen LogP contribution is -2.21. The Morgan fingerprint density at radius 2 is 2.37 bits per heavy atom. The average Bonchev–Trinajstić information content (AvgIpc) is 2.91. The van der Waals surface area contributed by atoms with Gasteiger partial charge in [0.2, 0.25) is 0 Å². The lowest BCUT2D eigenvalue weighted by molar-refractivity contribution is 0.137. The molecule has 1 aromatic carbocycles. The van der Waals surface area contributed by atoms with Gasteiger partial charge < -0.3 is 19.5 Å². The van der Waals surface area contributed by atoms with Gasteiger partial charge in [-0.1, -0.05) is 12.1 Å². The summed E-state index contributed by atoms with van der Waals surface area (Å²) in [5.41, 5.74) is 0.822. The Labute approximate surface area is 112 Å². The van der Waals surface area contributed by atoms with Crippen molar-refractivity contribution >= 4 is 0 Å². The highest BCUT2D eigenvalue weighted by Crippen LogP contribution is 2.25.